The van der Waals surface area contributed by atoms with E-state index in [9.17, 15) is 9.90 Å². The number of carbonyl (C=O) groups excluding carboxylic acids is 1. The van der Waals surface area contributed by atoms with Crippen molar-refractivity contribution in [3.8, 4) is 5.75 Å². The minimum absolute atomic E-state index is 0.0491. The number of ether oxygens (including phenoxy) is 3. The van der Waals surface area contributed by atoms with E-state index < -0.39 is 5.91 Å². The molecular weight excluding hydrogens is 384 g/mol. The molecule has 3 unspecified atom stereocenters. The molecule has 0 aliphatic carbocycles. The van der Waals surface area contributed by atoms with Crippen molar-refractivity contribution in [2.75, 3.05) is 39.5 Å². The Morgan fingerprint density at radius 2 is 2.10 bits per heavy atom. The molecule has 30 heavy (non-hydrogen) atoms. The van der Waals surface area contributed by atoms with E-state index in [4.69, 9.17) is 14.2 Å². The molecule has 3 aliphatic rings. The maximum absolute atomic E-state index is 13.3. The maximum Gasteiger partial charge on any atom is 0.282 e. The minimum Gasteiger partial charge on any atom is -0.447 e. The molecule has 7 heteroatoms. The number of carbonyl (C=O) groups is 1. The number of Topliss-reactive ketones (excluding diaryl/α,β-unsaturated/α-hetero) is 1. The van der Waals surface area contributed by atoms with Gasteiger partial charge in [-0.3, -0.25) is 9.69 Å². The average Bonchev–Trinajstić information content (AvgIpc) is 3.24. The number of rotatable bonds is 7. The summed E-state index contributed by atoms with van der Waals surface area (Å²) >= 11 is 0. The van der Waals surface area contributed by atoms with E-state index >= 15 is 0 Å². The van der Waals surface area contributed by atoms with Crippen LogP contribution in [0.5, 0.6) is 5.75 Å². The fourth-order valence-electron chi connectivity index (χ4n) is 4.97. The second kappa shape index (κ2) is 9.32. The van der Waals surface area contributed by atoms with Crippen LogP contribution in [0, 0.1) is 0 Å². The third kappa shape index (κ3) is 4.14. The van der Waals surface area contributed by atoms with Gasteiger partial charge in [0.2, 0.25) is 0 Å². The van der Waals surface area contributed by atoms with Crippen molar-refractivity contribution < 1.29 is 24.1 Å². The number of aliphatic hydroxyl groups is 1. The van der Waals surface area contributed by atoms with Crippen molar-refractivity contribution in [2.45, 2.75) is 64.1 Å². The lowest BCUT2D eigenvalue weighted by Crippen LogP contribution is -2.63. The predicted octanol–water partition coefficient (Wildman–Crippen LogP) is 2.41. The lowest BCUT2D eigenvalue weighted by Gasteiger charge is -2.48. The van der Waals surface area contributed by atoms with Crippen molar-refractivity contribution in [1.82, 2.24) is 9.80 Å². The highest BCUT2D eigenvalue weighted by atomic mass is 16.7. The number of aryl methyl sites for hydroxylation is 1. The van der Waals surface area contributed by atoms with Crippen LogP contribution in [0.3, 0.4) is 0 Å². The molecule has 0 aromatic heterocycles. The molecule has 1 aromatic rings. The fourth-order valence-corrected chi connectivity index (χ4v) is 4.97. The van der Waals surface area contributed by atoms with E-state index in [-0.39, 0.29) is 31.1 Å². The Morgan fingerprint density at radius 3 is 2.83 bits per heavy atom. The van der Waals surface area contributed by atoms with Crippen LogP contribution in [0.2, 0.25) is 0 Å². The Hall–Kier alpha value is -1.51. The Kier molecular flexibility index (Phi) is 6.75. The zero-order chi connectivity index (χ0) is 21.1. The van der Waals surface area contributed by atoms with Crippen LogP contribution in [0.1, 0.15) is 55.5 Å². The Bertz CT molecular complexity index is 751. The van der Waals surface area contributed by atoms with Gasteiger partial charge in [-0.1, -0.05) is 25.5 Å². The van der Waals surface area contributed by atoms with Gasteiger partial charge in [-0.05, 0) is 37.8 Å². The molecule has 3 atom stereocenters. The summed E-state index contributed by atoms with van der Waals surface area (Å²) in [5.74, 6) is -0.442. The van der Waals surface area contributed by atoms with Crippen LogP contribution in [0.25, 0.3) is 0 Å². The van der Waals surface area contributed by atoms with E-state index in [1.165, 1.54) is 0 Å². The van der Waals surface area contributed by atoms with Crippen molar-refractivity contribution in [2.24, 2.45) is 0 Å². The first-order valence-electron chi connectivity index (χ1n) is 11.3. The van der Waals surface area contributed by atoms with Crippen LogP contribution in [-0.4, -0.2) is 78.3 Å². The lowest BCUT2D eigenvalue weighted by molar-refractivity contribution is -0.321. The summed E-state index contributed by atoms with van der Waals surface area (Å²) in [6.07, 6.45) is 3.69. The third-order valence-corrected chi connectivity index (χ3v) is 6.51. The van der Waals surface area contributed by atoms with E-state index in [2.05, 4.69) is 16.7 Å². The molecule has 7 nitrogen and oxygen atoms in total. The van der Waals surface area contributed by atoms with Gasteiger partial charge in [0.15, 0.2) is 5.78 Å². The molecule has 3 heterocycles. The summed E-state index contributed by atoms with van der Waals surface area (Å²) < 4.78 is 18.8. The first-order valence-corrected chi connectivity index (χ1v) is 11.3. The molecule has 166 valence electrons. The third-order valence-electron chi connectivity index (χ3n) is 6.51. The highest BCUT2D eigenvalue weighted by molar-refractivity contribution is 6.00. The van der Waals surface area contributed by atoms with Gasteiger partial charge in [-0.15, -0.1) is 0 Å². The second-order valence-corrected chi connectivity index (χ2v) is 8.49. The highest BCUT2D eigenvalue weighted by Gasteiger charge is 2.50. The highest BCUT2D eigenvalue weighted by Crippen LogP contribution is 2.40. The second-order valence-electron chi connectivity index (χ2n) is 8.49. The van der Waals surface area contributed by atoms with Crippen LogP contribution in [0.4, 0.5) is 0 Å². The Morgan fingerprint density at radius 1 is 1.30 bits per heavy atom. The molecule has 0 spiro atoms. The smallest absolute Gasteiger partial charge is 0.282 e. The number of morpholine rings is 1. The van der Waals surface area contributed by atoms with Gasteiger partial charge in [0.25, 0.3) is 5.91 Å². The Balaban J connectivity index is 1.67. The number of hydrogen-bond acceptors (Lipinski definition) is 7. The first kappa shape index (κ1) is 21.7. The lowest BCUT2D eigenvalue weighted by atomic mass is 9.96. The molecule has 1 N–H and O–H groups in total. The van der Waals surface area contributed by atoms with Crippen molar-refractivity contribution in [3.05, 3.63) is 29.3 Å². The maximum atomic E-state index is 13.3. The molecule has 0 radical (unpaired) electrons. The molecule has 3 aliphatic heterocycles. The minimum atomic E-state index is -1.15. The van der Waals surface area contributed by atoms with E-state index in [0.29, 0.717) is 37.6 Å². The van der Waals surface area contributed by atoms with Crippen LogP contribution < -0.4 is 4.74 Å². The summed E-state index contributed by atoms with van der Waals surface area (Å²) in [5, 5.41) is 9.76. The summed E-state index contributed by atoms with van der Waals surface area (Å²) in [7, 11) is 0. The summed E-state index contributed by atoms with van der Waals surface area (Å²) in [4.78, 5) is 17.5. The first-order chi connectivity index (χ1) is 14.6. The number of ketones is 1. The molecule has 0 bridgehead atoms. The van der Waals surface area contributed by atoms with Crippen LogP contribution >= 0.6 is 0 Å². The average molecular weight is 419 g/mol. The SMILES string of the molecule is CCCc1cccc2c1OC(OC(C)N1CCCC1CO)(N1CCOCC1)CC2=O. The number of aliphatic hydroxyl groups excluding tert-OH is 1. The quantitative estimate of drug-likeness (QED) is 0.729. The topological polar surface area (TPSA) is 71.5 Å². The van der Waals surface area contributed by atoms with Gasteiger partial charge in [0, 0.05) is 25.7 Å². The zero-order valence-electron chi connectivity index (χ0n) is 18.1. The summed E-state index contributed by atoms with van der Waals surface area (Å²) in [6, 6.07) is 5.92. The zero-order valence-corrected chi connectivity index (χ0v) is 18.1. The van der Waals surface area contributed by atoms with Gasteiger partial charge in [0.05, 0.1) is 31.8 Å². The summed E-state index contributed by atoms with van der Waals surface area (Å²) in [6.45, 7) is 7.58. The molecular formula is C23H34N2O5. The number of hydrogen-bond donors (Lipinski definition) is 1. The molecule has 4 rings (SSSR count). The van der Waals surface area contributed by atoms with Crippen molar-refractivity contribution in [3.63, 3.8) is 0 Å². The molecule has 2 saturated heterocycles. The van der Waals surface area contributed by atoms with E-state index in [1.54, 1.807) is 0 Å². The standard InChI is InChI=1S/C23H34N2O5/c1-3-6-18-7-4-9-20-21(27)15-23(30-22(18)20,24-11-13-28-14-12-24)29-17(2)25-10-5-8-19(25)16-26/h4,7,9,17,19,26H,3,5-6,8,10-16H2,1-2H3. The number of nitrogens with zero attached hydrogens (tertiary/aromatic N) is 2. The van der Waals surface area contributed by atoms with Gasteiger partial charge in [-0.25, -0.2) is 4.90 Å². The monoisotopic (exact) mass is 418 g/mol. The van der Waals surface area contributed by atoms with Crippen LogP contribution in [-0.2, 0) is 15.9 Å². The van der Waals surface area contributed by atoms with E-state index in [1.807, 2.05) is 25.1 Å². The van der Waals surface area contributed by atoms with Gasteiger partial charge in [0.1, 0.15) is 12.0 Å². The molecule has 2 fully saturated rings. The van der Waals surface area contributed by atoms with Gasteiger partial charge < -0.3 is 19.3 Å². The van der Waals surface area contributed by atoms with Crippen LogP contribution in [0.15, 0.2) is 18.2 Å². The normalized spacial score (nSPS) is 28.9. The number of para-hydroxylation sites is 1. The summed E-state index contributed by atoms with van der Waals surface area (Å²) in [5.41, 5.74) is 1.70. The molecule has 1 aromatic carbocycles. The molecule has 0 amide bonds. The van der Waals surface area contributed by atoms with E-state index in [0.717, 1.165) is 37.8 Å². The van der Waals surface area contributed by atoms with Crippen molar-refractivity contribution >= 4 is 5.78 Å². The fraction of sp³-hybridized carbons (Fsp3) is 0.696. The van der Waals surface area contributed by atoms with Crippen molar-refractivity contribution in [1.29, 1.82) is 0 Å². The number of benzene rings is 1. The number of fused-ring (bicyclic) bond motifs is 1. The number of likely N-dealkylation sites (tertiary alicyclic amines) is 1. The Labute approximate surface area is 178 Å². The molecule has 0 saturated carbocycles. The predicted molar refractivity (Wildman–Crippen MR) is 112 cm³/mol. The largest absolute Gasteiger partial charge is 0.447 e. The van der Waals surface area contributed by atoms with Gasteiger partial charge in [-0.2, -0.15) is 0 Å². The van der Waals surface area contributed by atoms with Gasteiger partial charge >= 0.3 is 0 Å².